The van der Waals surface area contributed by atoms with Gasteiger partial charge in [0.2, 0.25) is 5.92 Å². The Bertz CT molecular complexity index is 129. The van der Waals surface area contributed by atoms with Crippen LogP contribution in [-0.4, -0.2) is 12.0 Å². The van der Waals surface area contributed by atoms with Gasteiger partial charge in [-0.15, -0.1) is 12.4 Å². The van der Waals surface area contributed by atoms with Gasteiger partial charge in [0.25, 0.3) is 0 Å². The van der Waals surface area contributed by atoms with E-state index in [2.05, 4.69) is 0 Å². The van der Waals surface area contributed by atoms with E-state index in [-0.39, 0.29) is 31.3 Å². The summed E-state index contributed by atoms with van der Waals surface area (Å²) in [5, 5.41) is 0. The average molecular weight is 200 g/mol. The molecule has 0 aromatic rings. The number of rotatable bonds is 1. The molecule has 4 heteroatoms. The fourth-order valence-electron chi connectivity index (χ4n) is 1.59. The van der Waals surface area contributed by atoms with Crippen molar-refractivity contribution in [3.05, 3.63) is 0 Å². The highest BCUT2D eigenvalue weighted by molar-refractivity contribution is 5.85. The third-order valence-corrected chi connectivity index (χ3v) is 2.51. The van der Waals surface area contributed by atoms with Gasteiger partial charge in [0.15, 0.2) is 0 Å². The van der Waals surface area contributed by atoms with E-state index in [0.717, 1.165) is 0 Å². The summed E-state index contributed by atoms with van der Waals surface area (Å²) >= 11 is 0. The van der Waals surface area contributed by atoms with Crippen LogP contribution in [0.25, 0.3) is 0 Å². The van der Waals surface area contributed by atoms with E-state index in [1.807, 2.05) is 6.92 Å². The third-order valence-electron chi connectivity index (χ3n) is 2.51. The van der Waals surface area contributed by atoms with Crippen LogP contribution in [0.3, 0.4) is 0 Å². The molecular weight excluding hydrogens is 184 g/mol. The molecule has 1 aliphatic carbocycles. The van der Waals surface area contributed by atoms with Crippen LogP contribution < -0.4 is 5.73 Å². The highest BCUT2D eigenvalue weighted by atomic mass is 35.5. The Morgan fingerprint density at radius 1 is 1.33 bits per heavy atom. The largest absolute Gasteiger partial charge is 0.328 e. The van der Waals surface area contributed by atoms with Gasteiger partial charge in [-0.05, 0) is 25.7 Å². The van der Waals surface area contributed by atoms with E-state index in [4.69, 9.17) is 5.73 Å². The van der Waals surface area contributed by atoms with Crippen LogP contribution in [0.4, 0.5) is 8.78 Å². The van der Waals surface area contributed by atoms with Crippen molar-refractivity contribution in [3.63, 3.8) is 0 Å². The van der Waals surface area contributed by atoms with Crippen LogP contribution in [0.2, 0.25) is 0 Å². The Labute approximate surface area is 78.1 Å². The van der Waals surface area contributed by atoms with E-state index in [1.165, 1.54) is 0 Å². The number of hydrogen-bond acceptors (Lipinski definition) is 1. The van der Waals surface area contributed by atoms with Crippen LogP contribution in [0, 0.1) is 5.92 Å². The molecule has 0 amide bonds. The lowest BCUT2D eigenvalue weighted by Crippen LogP contribution is -2.33. The normalized spacial score (nSPS) is 26.0. The minimum Gasteiger partial charge on any atom is -0.328 e. The summed E-state index contributed by atoms with van der Waals surface area (Å²) in [6.45, 7) is 1.90. The fraction of sp³-hybridized carbons (Fsp3) is 1.00. The predicted molar refractivity (Wildman–Crippen MR) is 47.8 cm³/mol. The first kappa shape index (κ1) is 12.1. The highest BCUT2D eigenvalue weighted by Crippen LogP contribution is 2.36. The molecular formula is C8H16ClF2N. The molecule has 1 rings (SSSR count). The van der Waals surface area contributed by atoms with Crippen LogP contribution in [-0.2, 0) is 0 Å². The molecule has 0 saturated heterocycles. The van der Waals surface area contributed by atoms with Crippen molar-refractivity contribution in [2.75, 3.05) is 0 Å². The Hall–Kier alpha value is 0.110. The van der Waals surface area contributed by atoms with Gasteiger partial charge in [-0.1, -0.05) is 0 Å². The van der Waals surface area contributed by atoms with Gasteiger partial charge >= 0.3 is 0 Å². The minimum atomic E-state index is -2.41. The summed E-state index contributed by atoms with van der Waals surface area (Å²) in [7, 11) is 0. The molecule has 12 heavy (non-hydrogen) atoms. The van der Waals surface area contributed by atoms with E-state index < -0.39 is 5.92 Å². The van der Waals surface area contributed by atoms with E-state index in [9.17, 15) is 8.78 Å². The number of hydrogen-bond donors (Lipinski definition) is 1. The van der Waals surface area contributed by atoms with Gasteiger partial charge in [-0.3, -0.25) is 0 Å². The standard InChI is InChI=1S/C8H15F2N.ClH/c1-6(11)7-2-4-8(9,10)5-3-7;/h6-7H,2-5,11H2,1H3;1H. The lowest BCUT2D eigenvalue weighted by Gasteiger charge is -2.30. The van der Waals surface area contributed by atoms with Crippen molar-refractivity contribution >= 4 is 12.4 Å². The molecule has 2 N–H and O–H groups in total. The minimum absolute atomic E-state index is 0. The van der Waals surface area contributed by atoms with Crippen LogP contribution in [0.5, 0.6) is 0 Å². The molecule has 1 atom stereocenters. The zero-order valence-corrected chi connectivity index (χ0v) is 8.04. The van der Waals surface area contributed by atoms with E-state index in [0.29, 0.717) is 18.8 Å². The van der Waals surface area contributed by atoms with Gasteiger partial charge in [0.05, 0.1) is 0 Å². The Morgan fingerprint density at radius 3 is 2.08 bits per heavy atom. The number of nitrogens with two attached hydrogens (primary N) is 1. The maximum Gasteiger partial charge on any atom is 0.248 e. The first-order chi connectivity index (χ1) is 5.01. The molecule has 0 radical (unpaired) electrons. The molecule has 1 fully saturated rings. The number of halogens is 3. The van der Waals surface area contributed by atoms with Crippen molar-refractivity contribution < 1.29 is 8.78 Å². The maximum absolute atomic E-state index is 12.6. The van der Waals surface area contributed by atoms with Crippen molar-refractivity contribution in [2.45, 2.75) is 44.6 Å². The molecule has 1 saturated carbocycles. The Balaban J connectivity index is 0.00000121. The molecule has 0 aromatic heterocycles. The number of alkyl halides is 2. The summed E-state index contributed by atoms with van der Waals surface area (Å²) in [5.41, 5.74) is 5.61. The van der Waals surface area contributed by atoms with E-state index in [1.54, 1.807) is 0 Å². The van der Waals surface area contributed by atoms with Gasteiger partial charge < -0.3 is 5.73 Å². The molecule has 0 bridgehead atoms. The summed E-state index contributed by atoms with van der Waals surface area (Å²) in [6, 6.07) is 0.0751. The zero-order valence-electron chi connectivity index (χ0n) is 7.22. The maximum atomic E-state index is 12.6. The fourth-order valence-corrected chi connectivity index (χ4v) is 1.59. The molecule has 1 nitrogen and oxygen atoms in total. The monoisotopic (exact) mass is 199 g/mol. The zero-order chi connectivity index (χ0) is 8.48. The first-order valence-electron chi connectivity index (χ1n) is 4.15. The third kappa shape index (κ3) is 3.23. The second-order valence-electron chi connectivity index (χ2n) is 3.55. The lowest BCUT2D eigenvalue weighted by atomic mass is 9.83. The van der Waals surface area contributed by atoms with Gasteiger partial charge in [0.1, 0.15) is 0 Å². The lowest BCUT2D eigenvalue weighted by molar-refractivity contribution is -0.0475. The average Bonchev–Trinajstić information content (AvgIpc) is 1.86. The summed E-state index contributed by atoms with van der Waals surface area (Å²) < 4.78 is 25.2. The van der Waals surface area contributed by atoms with Crippen molar-refractivity contribution in [1.29, 1.82) is 0 Å². The predicted octanol–water partition coefficient (Wildman–Crippen LogP) is 2.58. The molecule has 0 aliphatic heterocycles. The van der Waals surface area contributed by atoms with Crippen LogP contribution in [0.1, 0.15) is 32.6 Å². The SMILES string of the molecule is CC(N)C1CCC(F)(F)CC1.Cl. The quantitative estimate of drug-likeness (QED) is 0.690. The molecule has 0 spiro atoms. The summed E-state index contributed by atoms with van der Waals surface area (Å²) in [5.74, 6) is -2.10. The Morgan fingerprint density at radius 2 is 1.75 bits per heavy atom. The van der Waals surface area contributed by atoms with Gasteiger partial charge in [0, 0.05) is 18.9 Å². The molecule has 1 unspecified atom stereocenters. The van der Waals surface area contributed by atoms with Crippen molar-refractivity contribution in [1.82, 2.24) is 0 Å². The van der Waals surface area contributed by atoms with Crippen molar-refractivity contribution in [2.24, 2.45) is 11.7 Å². The topological polar surface area (TPSA) is 26.0 Å². The van der Waals surface area contributed by atoms with Crippen LogP contribution in [0.15, 0.2) is 0 Å². The van der Waals surface area contributed by atoms with Crippen molar-refractivity contribution in [3.8, 4) is 0 Å². The second-order valence-corrected chi connectivity index (χ2v) is 3.55. The van der Waals surface area contributed by atoms with Crippen LogP contribution >= 0.6 is 12.4 Å². The first-order valence-corrected chi connectivity index (χ1v) is 4.15. The second kappa shape index (κ2) is 4.38. The smallest absolute Gasteiger partial charge is 0.248 e. The van der Waals surface area contributed by atoms with E-state index >= 15 is 0 Å². The highest BCUT2D eigenvalue weighted by Gasteiger charge is 2.35. The summed E-state index contributed by atoms with van der Waals surface area (Å²) in [4.78, 5) is 0. The molecule has 0 aromatic carbocycles. The summed E-state index contributed by atoms with van der Waals surface area (Å²) in [6.07, 6.45) is 1.23. The Kier molecular flexibility index (Phi) is 4.42. The molecule has 1 aliphatic rings. The van der Waals surface area contributed by atoms with Gasteiger partial charge in [-0.25, -0.2) is 8.78 Å². The molecule has 0 heterocycles. The van der Waals surface area contributed by atoms with Gasteiger partial charge in [-0.2, -0.15) is 0 Å². The molecule has 74 valence electrons.